The van der Waals surface area contributed by atoms with E-state index in [4.69, 9.17) is 9.57 Å². The molecule has 0 unspecified atom stereocenters. The molecule has 0 radical (unpaired) electrons. The molecule has 0 spiro atoms. The standard InChI is InChI=1S/C23H23Br2N5O4/c1-15(16-2-4-17(24)5-3-16)28-34-13-21(31)26-27-22-19-12-18(25)6-7-20(19)30(23(22)32)14-29-8-10-33-11-9-29/h2-7,12,32H,8-11,13-14H2,1H3. The third-order valence-electron chi connectivity index (χ3n) is 5.33. The first-order chi connectivity index (χ1) is 16.4. The van der Waals surface area contributed by atoms with Gasteiger partial charge in [0, 0.05) is 27.4 Å². The summed E-state index contributed by atoms with van der Waals surface area (Å²) in [6.07, 6.45) is 0. The van der Waals surface area contributed by atoms with Crippen molar-refractivity contribution in [2.24, 2.45) is 15.4 Å². The first kappa shape index (κ1) is 24.5. The highest BCUT2D eigenvalue weighted by atomic mass is 79.9. The molecule has 1 aromatic heterocycles. The van der Waals surface area contributed by atoms with Gasteiger partial charge in [0.2, 0.25) is 5.88 Å². The van der Waals surface area contributed by atoms with Crippen LogP contribution < -0.4 is 0 Å². The molecule has 1 aliphatic rings. The SMILES string of the molecule is CC(=NOCC(=O)N=Nc1c(O)n(CN2CCOCC2)c2ccc(Br)cc12)c1ccc(Br)cc1. The second-order valence-corrected chi connectivity index (χ2v) is 9.52. The number of ether oxygens (including phenoxy) is 1. The summed E-state index contributed by atoms with van der Waals surface area (Å²) < 4.78 is 8.95. The Bertz CT molecular complexity index is 1230. The molecule has 2 aromatic carbocycles. The number of hydrogen-bond donors (Lipinski definition) is 1. The topological polar surface area (TPSA) is 101 Å². The highest BCUT2D eigenvalue weighted by Gasteiger charge is 2.20. The second-order valence-electron chi connectivity index (χ2n) is 7.68. The highest BCUT2D eigenvalue weighted by molar-refractivity contribution is 9.10. The van der Waals surface area contributed by atoms with E-state index in [-0.39, 0.29) is 18.2 Å². The fourth-order valence-corrected chi connectivity index (χ4v) is 4.17. The van der Waals surface area contributed by atoms with Crippen LogP contribution in [0.3, 0.4) is 0 Å². The average molecular weight is 593 g/mol. The first-order valence-corrected chi connectivity index (χ1v) is 12.2. The summed E-state index contributed by atoms with van der Waals surface area (Å²) in [6, 6.07) is 13.2. The zero-order valence-electron chi connectivity index (χ0n) is 18.4. The number of oxime groups is 1. The monoisotopic (exact) mass is 591 g/mol. The van der Waals surface area contributed by atoms with E-state index in [1.807, 2.05) is 42.5 Å². The van der Waals surface area contributed by atoms with Crippen LogP contribution in [0.1, 0.15) is 12.5 Å². The van der Waals surface area contributed by atoms with Crippen molar-refractivity contribution in [1.29, 1.82) is 0 Å². The predicted octanol–water partition coefficient (Wildman–Crippen LogP) is 5.21. The molecule has 0 bridgehead atoms. The number of aromatic nitrogens is 1. The van der Waals surface area contributed by atoms with Gasteiger partial charge in [-0.15, -0.1) is 10.2 Å². The lowest BCUT2D eigenvalue weighted by molar-refractivity contribution is -0.122. The lowest BCUT2D eigenvalue weighted by Gasteiger charge is -2.27. The van der Waals surface area contributed by atoms with Gasteiger partial charge >= 0.3 is 5.91 Å². The number of rotatable bonds is 7. The number of carbonyl (C=O) groups is 1. The molecular formula is C23H23Br2N5O4. The summed E-state index contributed by atoms with van der Waals surface area (Å²) in [7, 11) is 0. The van der Waals surface area contributed by atoms with Crippen LogP contribution in [-0.4, -0.2) is 59.1 Å². The number of hydrogen-bond acceptors (Lipinski definition) is 7. The Morgan fingerprint density at radius 2 is 1.82 bits per heavy atom. The van der Waals surface area contributed by atoms with E-state index < -0.39 is 5.91 Å². The van der Waals surface area contributed by atoms with E-state index in [0.29, 0.717) is 31.0 Å². The Morgan fingerprint density at radius 1 is 1.12 bits per heavy atom. The van der Waals surface area contributed by atoms with Crippen LogP contribution in [0.5, 0.6) is 5.88 Å². The number of aromatic hydroxyl groups is 1. The Labute approximate surface area is 213 Å². The number of morpholine rings is 1. The van der Waals surface area contributed by atoms with Crippen molar-refractivity contribution in [1.82, 2.24) is 9.47 Å². The fourth-order valence-electron chi connectivity index (χ4n) is 3.54. The lowest BCUT2D eigenvalue weighted by Crippen LogP contribution is -2.37. The van der Waals surface area contributed by atoms with Gasteiger partial charge in [-0.1, -0.05) is 49.1 Å². The minimum Gasteiger partial charge on any atom is -0.493 e. The predicted molar refractivity (Wildman–Crippen MR) is 136 cm³/mol. The van der Waals surface area contributed by atoms with E-state index in [1.165, 1.54) is 0 Å². The largest absolute Gasteiger partial charge is 0.493 e. The lowest BCUT2D eigenvalue weighted by atomic mass is 10.1. The molecule has 0 saturated carbocycles. The Hall–Kier alpha value is -2.60. The molecule has 1 N–H and O–H groups in total. The Kier molecular flexibility index (Phi) is 8.09. The summed E-state index contributed by atoms with van der Waals surface area (Å²) in [5, 5.41) is 23.4. The van der Waals surface area contributed by atoms with E-state index in [9.17, 15) is 9.90 Å². The minimum absolute atomic E-state index is 0.0545. The molecule has 1 aliphatic heterocycles. The summed E-state index contributed by atoms with van der Waals surface area (Å²) in [4.78, 5) is 19.6. The number of carbonyl (C=O) groups excluding carboxylic acids is 1. The van der Waals surface area contributed by atoms with Crippen molar-refractivity contribution in [3.63, 3.8) is 0 Å². The number of benzene rings is 2. The van der Waals surface area contributed by atoms with Crippen molar-refractivity contribution in [3.05, 3.63) is 57.0 Å². The third-order valence-corrected chi connectivity index (χ3v) is 6.35. The molecular weight excluding hydrogens is 570 g/mol. The van der Waals surface area contributed by atoms with Crippen molar-refractivity contribution in [2.75, 3.05) is 32.9 Å². The molecule has 9 nitrogen and oxygen atoms in total. The van der Waals surface area contributed by atoms with E-state index in [1.54, 1.807) is 11.5 Å². The second kappa shape index (κ2) is 11.2. The van der Waals surface area contributed by atoms with Gasteiger partial charge in [0.1, 0.15) is 0 Å². The highest BCUT2D eigenvalue weighted by Crippen LogP contribution is 2.40. The van der Waals surface area contributed by atoms with Crippen LogP contribution in [0.15, 0.2) is 66.8 Å². The molecule has 1 amide bonds. The summed E-state index contributed by atoms with van der Waals surface area (Å²) in [5.74, 6) is -0.669. The van der Waals surface area contributed by atoms with E-state index >= 15 is 0 Å². The van der Waals surface area contributed by atoms with Gasteiger partial charge in [-0.2, -0.15) is 0 Å². The van der Waals surface area contributed by atoms with Gasteiger partial charge in [-0.3, -0.25) is 14.3 Å². The molecule has 1 fully saturated rings. The third kappa shape index (κ3) is 5.90. The molecule has 1 saturated heterocycles. The molecule has 3 aromatic rings. The number of amides is 1. The van der Waals surface area contributed by atoms with Crippen molar-refractivity contribution >= 4 is 60.1 Å². The molecule has 0 atom stereocenters. The zero-order valence-corrected chi connectivity index (χ0v) is 21.6. The van der Waals surface area contributed by atoms with Gasteiger partial charge in [0.15, 0.2) is 12.3 Å². The van der Waals surface area contributed by atoms with E-state index in [0.717, 1.165) is 33.1 Å². The van der Waals surface area contributed by atoms with Crippen LogP contribution in [-0.2, 0) is 21.0 Å². The Balaban J connectivity index is 1.48. The van der Waals surface area contributed by atoms with Crippen molar-refractivity contribution in [3.8, 4) is 5.88 Å². The number of azo groups is 1. The van der Waals surface area contributed by atoms with Crippen LogP contribution in [0.4, 0.5) is 5.69 Å². The zero-order chi connectivity index (χ0) is 24.1. The van der Waals surface area contributed by atoms with Gasteiger partial charge in [0.05, 0.1) is 31.1 Å². The maximum absolute atomic E-state index is 12.2. The number of fused-ring (bicyclic) bond motifs is 1. The fraction of sp³-hybridized carbons (Fsp3) is 0.304. The number of nitrogens with zero attached hydrogens (tertiary/aromatic N) is 5. The maximum Gasteiger partial charge on any atom is 0.304 e. The Morgan fingerprint density at radius 3 is 2.56 bits per heavy atom. The van der Waals surface area contributed by atoms with Gasteiger partial charge < -0.3 is 14.7 Å². The van der Waals surface area contributed by atoms with Crippen molar-refractivity contribution in [2.45, 2.75) is 13.6 Å². The number of halogens is 2. The molecule has 178 valence electrons. The summed E-state index contributed by atoms with van der Waals surface area (Å²) in [5.41, 5.74) is 2.53. The quantitative estimate of drug-likeness (QED) is 0.230. The molecule has 2 heterocycles. The van der Waals surface area contributed by atoms with Crippen LogP contribution in [0.25, 0.3) is 10.9 Å². The summed E-state index contributed by atoms with van der Waals surface area (Å²) in [6.45, 7) is 4.73. The van der Waals surface area contributed by atoms with Crippen LogP contribution in [0.2, 0.25) is 0 Å². The molecule has 34 heavy (non-hydrogen) atoms. The normalized spacial score (nSPS) is 15.3. The smallest absolute Gasteiger partial charge is 0.304 e. The average Bonchev–Trinajstić information content (AvgIpc) is 3.08. The molecule has 11 heteroatoms. The van der Waals surface area contributed by atoms with Crippen molar-refractivity contribution < 1.29 is 19.5 Å². The maximum atomic E-state index is 12.2. The van der Waals surface area contributed by atoms with Gasteiger partial charge in [-0.05, 0) is 42.8 Å². The molecule has 4 rings (SSSR count). The van der Waals surface area contributed by atoms with Gasteiger partial charge in [-0.25, -0.2) is 0 Å². The summed E-state index contributed by atoms with van der Waals surface area (Å²) >= 11 is 6.84. The van der Waals surface area contributed by atoms with E-state index in [2.05, 4.69) is 52.1 Å². The van der Waals surface area contributed by atoms with Crippen LogP contribution >= 0.6 is 31.9 Å². The first-order valence-electron chi connectivity index (χ1n) is 10.6. The molecule has 0 aliphatic carbocycles. The minimum atomic E-state index is -0.615. The van der Waals surface area contributed by atoms with Gasteiger partial charge in [0.25, 0.3) is 0 Å². The van der Waals surface area contributed by atoms with Crippen LogP contribution in [0, 0.1) is 0 Å².